The van der Waals surface area contributed by atoms with Crippen LogP contribution in [0.4, 0.5) is 0 Å². The second kappa shape index (κ2) is 36.2. The molecule has 0 amide bonds. The van der Waals surface area contributed by atoms with Crippen molar-refractivity contribution in [2.24, 2.45) is 0 Å². The summed E-state index contributed by atoms with van der Waals surface area (Å²) in [7, 11) is 0. The molecule has 0 aliphatic carbocycles. The minimum atomic E-state index is 0.371. The van der Waals surface area contributed by atoms with Crippen molar-refractivity contribution in [3.8, 4) is 0 Å². The standard InChI is InChI=1S/C35H71NOS2/c37-34-32-30-28-26-24-22-20-18-16-14-12-10-8-6-4-2-1-3-5-7-9-11-13-15-17-19-21-23-25-27-29-31-33-36-35(38)39/h37H,1-34H2,(H2,36,38,39). The summed E-state index contributed by atoms with van der Waals surface area (Å²) < 4.78 is 0.628. The third-order valence-corrected chi connectivity index (χ3v) is 8.66. The molecule has 0 saturated carbocycles. The lowest BCUT2D eigenvalue weighted by atomic mass is 10.0. The van der Waals surface area contributed by atoms with E-state index in [2.05, 4.69) is 17.9 Å². The minimum Gasteiger partial charge on any atom is -0.396 e. The quantitative estimate of drug-likeness (QED) is 0.0399. The van der Waals surface area contributed by atoms with Crippen LogP contribution in [0.3, 0.4) is 0 Å². The minimum absolute atomic E-state index is 0.371. The molecule has 0 atom stereocenters. The van der Waals surface area contributed by atoms with Gasteiger partial charge < -0.3 is 10.4 Å². The smallest absolute Gasteiger partial charge is 0.130 e. The Bertz CT molecular complexity index is 460. The first-order chi connectivity index (χ1) is 19.3. The summed E-state index contributed by atoms with van der Waals surface area (Å²) in [5.74, 6) is 0. The molecule has 39 heavy (non-hydrogen) atoms. The second-order valence-corrected chi connectivity index (χ2v) is 13.4. The van der Waals surface area contributed by atoms with Crippen molar-refractivity contribution in [1.29, 1.82) is 0 Å². The van der Waals surface area contributed by atoms with Crippen LogP contribution >= 0.6 is 24.8 Å². The van der Waals surface area contributed by atoms with Gasteiger partial charge in [0, 0.05) is 13.2 Å². The largest absolute Gasteiger partial charge is 0.396 e. The Kier molecular flexibility index (Phi) is 36.4. The molecule has 4 heteroatoms. The summed E-state index contributed by atoms with van der Waals surface area (Å²) in [5, 5.41) is 11.9. The highest BCUT2D eigenvalue weighted by molar-refractivity contribution is 8.11. The average molecular weight is 586 g/mol. The highest BCUT2D eigenvalue weighted by Crippen LogP contribution is 2.16. The number of aliphatic hydroxyl groups excluding tert-OH is 1. The Hall–Kier alpha value is 0.200. The molecular formula is C35H71NOS2. The van der Waals surface area contributed by atoms with E-state index in [9.17, 15) is 0 Å². The third-order valence-electron chi connectivity index (χ3n) is 8.36. The van der Waals surface area contributed by atoms with Crippen LogP contribution in [0.15, 0.2) is 0 Å². The van der Waals surface area contributed by atoms with E-state index in [0.29, 0.717) is 10.9 Å². The van der Waals surface area contributed by atoms with E-state index in [1.165, 1.54) is 199 Å². The number of thiol groups is 1. The van der Waals surface area contributed by atoms with Gasteiger partial charge >= 0.3 is 0 Å². The molecule has 0 aliphatic rings. The lowest BCUT2D eigenvalue weighted by molar-refractivity contribution is 0.282. The Morgan fingerprint density at radius 2 is 0.538 bits per heavy atom. The van der Waals surface area contributed by atoms with Crippen LogP contribution in [0.2, 0.25) is 0 Å². The van der Waals surface area contributed by atoms with E-state index < -0.39 is 0 Å². The number of thiocarbonyl (C=S) groups is 1. The maximum Gasteiger partial charge on any atom is 0.130 e. The molecule has 0 rings (SSSR count). The van der Waals surface area contributed by atoms with Crippen molar-refractivity contribution in [3.63, 3.8) is 0 Å². The summed E-state index contributed by atoms with van der Waals surface area (Å²) in [5.41, 5.74) is 0. The molecule has 0 aromatic carbocycles. The molecule has 0 unspecified atom stereocenters. The predicted molar refractivity (Wildman–Crippen MR) is 184 cm³/mol. The Balaban J connectivity index is 3.02. The molecule has 0 saturated heterocycles. The van der Waals surface area contributed by atoms with Crippen molar-refractivity contribution in [2.45, 2.75) is 205 Å². The number of hydrogen-bond donors (Lipinski definition) is 3. The Morgan fingerprint density at radius 1 is 0.359 bits per heavy atom. The molecule has 0 aliphatic heterocycles. The van der Waals surface area contributed by atoms with Crippen LogP contribution in [0, 0.1) is 0 Å². The number of unbranched alkanes of at least 4 members (excludes halogenated alkanes) is 31. The summed E-state index contributed by atoms with van der Waals surface area (Å²) >= 11 is 8.98. The van der Waals surface area contributed by atoms with Crippen molar-refractivity contribution in [2.75, 3.05) is 13.2 Å². The molecule has 0 radical (unpaired) electrons. The van der Waals surface area contributed by atoms with Crippen LogP contribution in [-0.2, 0) is 0 Å². The first-order valence-corrected chi connectivity index (χ1v) is 18.7. The highest BCUT2D eigenvalue weighted by atomic mass is 32.1. The molecule has 0 spiro atoms. The van der Waals surface area contributed by atoms with Gasteiger partial charge in [-0.2, -0.15) is 0 Å². The van der Waals surface area contributed by atoms with Gasteiger partial charge in [-0.25, -0.2) is 0 Å². The molecule has 0 bridgehead atoms. The van der Waals surface area contributed by atoms with Gasteiger partial charge in [0.05, 0.1) is 0 Å². The van der Waals surface area contributed by atoms with Gasteiger partial charge in [0.15, 0.2) is 0 Å². The molecule has 234 valence electrons. The lowest BCUT2D eigenvalue weighted by Gasteiger charge is -2.05. The molecule has 2 N–H and O–H groups in total. The maximum atomic E-state index is 8.78. The fourth-order valence-corrected chi connectivity index (χ4v) is 5.95. The summed E-state index contributed by atoms with van der Waals surface area (Å²) in [6.45, 7) is 1.36. The SMILES string of the molecule is OCCCCCCCCCCCCCCCCCCCCCCCCCCCCCCCCCCNC(=S)S. The number of rotatable bonds is 34. The van der Waals surface area contributed by atoms with E-state index >= 15 is 0 Å². The van der Waals surface area contributed by atoms with Gasteiger partial charge in [0.1, 0.15) is 4.32 Å². The predicted octanol–water partition coefficient (Wildman–Crippen LogP) is 12.3. The summed E-state index contributed by atoms with van der Waals surface area (Å²) in [4.78, 5) is 0. The van der Waals surface area contributed by atoms with Crippen LogP contribution in [0.1, 0.15) is 205 Å². The van der Waals surface area contributed by atoms with E-state index in [4.69, 9.17) is 17.3 Å². The van der Waals surface area contributed by atoms with Crippen molar-refractivity contribution in [3.05, 3.63) is 0 Å². The molecule has 0 aromatic heterocycles. The maximum absolute atomic E-state index is 8.78. The van der Waals surface area contributed by atoms with Crippen molar-refractivity contribution in [1.82, 2.24) is 5.32 Å². The molecule has 0 aromatic rings. The van der Waals surface area contributed by atoms with E-state index in [1.54, 1.807) is 0 Å². The van der Waals surface area contributed by atoms with Gasteiger partial charge in [0.25, 0.3) is 0 Å². The molecule has 2 nitrogen and oxygen atoms in total. The normalized spacial score (nSPS) is 11.3. The van der Waals surface area contributed by atoms with Gasteiger partial charge in [-0.1, -0.05) is 205 Å². The van der Waals surface area contributed by atoms with Crippen LogP contribution < -0.4 is 5.32 Å². The molecular weight excluding hydrogens is 515 g/mol. The number of hydrogen-bond acceptors (Lipinski definition) is 2. The Morgan fingerprint density at radius 3 is 0.718 bits per heavy atom. The van der Waals surface area contributed by atoms with Crippen LogP contribution in [-0.4, -0.2) is 22.6 Å². The van der Waals surface area contributed by atoms with Crippen molar-refractivity contribution >= 4 is 29.2 Å². The van der Waals surface area contributed by atoms with E-state index in [-0.39, 0.29) is 0 Å². The van der Waals surface area contributed by atoms with Gasteiger partial charge in [-0.15, -0.1) is 12.6 Å². The van der Waals surface area contributed by atoms with Gasteiger partial charge in [-0.3, -0.25) is 0 Å². The first kappa shape index (κ1) is 39.2. The zero-order valence-electron chi connectivity index (χ0n) is 26.3. The number of nitrogens with one attached hydrogen (secondary N) is 1. The topological polar surface area (TPSA) is 32.3 Å². The third kappa shape index (κ3) is 38.2. The monoisotopic (exact) mass is 585 g/mol. The first-order valence-electron chi connectivity index (χ1n) is 17.8. The number of aliphatic hydroxyl groups is 1. The average Bonchev–Trinajstić information content (AvgIpc) is 2.93. The van der Waals surface area contributed by atoms with Crippen LogP contribution in [0.25, 0.3) is 0 Å². The molecule has 0 heterocycles. The zero-order valence-corrected chi connectivity index (χ0v) is 28.1. The summed E-state index contributed by atoms with van der Waals surface area (Å²) in [6, 6.07) is 0. The fraction of sp³-hybridized carbons (Fsp3) is 0.971. The zero-order chi connectivity index (χ0) is 28.3. The van der Waals surface area contributed by atoms with Gasteiger partial charge in [-0.05, 0) is 12.8 Å². The lowest BCUT2D eigenvalue weighted by Crippen LogP contribution is -2.17. The van der Waals surface area contributed by atoms with Gasteiger partial charge in [0.2, 0.25) is 0 Å². The van der Waals surface area contributed by atoms with E-state index in [0.717, 1.165) is 13.0 Å². The second-order valence-electron chi connectivity index (χ2n) is 12.3. The fourth-order valence-electron chi connectivity index (χ4n) is 5.74. The van der Waals surface area contributed by atoms with E-state index in [1.807, 2.05) is 0 Å². The van der Waals surface area contributed by atoms with Crippen molar-refractivity contribution < 1.29 is 5.11 Å². The Labute approximate surface area is 257 Å². The highest BCUT2D eigenvalue weighted by Gasteiger charge is 1.97. The summed E-state index contributed by atoms with van der Waals surface area (Å²) in [6.07, 6.45) is 45.2. The molecule has 0 fully saturated rings. The van der Waals surface area contributed by atoms with Crippen LogP contribution in [0.5, 0.6) is 0 Å².